The van der Waals surface area contributed by atoms with Gasteiger partial charge in [0.05, 0.1) is 0 Å². The van der Waals surface area contributed by atoms with Crippen LogP contribution in [-0.2, 0) is 10.2 Å². The van der Waals surface area contributed by atoms with Gasteiger partial charge in [-0.3, -0.25) is 0 Å². The highest BCUT2D eigenvalue weighted by atomic mass is 32.2. The van der Waals surface area contributed by atoms with Gasteiger partial charge in [-0.15, -0.1) is 0 Å². The molecule has 2 aliphatic rings. The van der Waals surface area contributed by atoms with Crippen molar-refractivity contribution in [3.8, 4) is 0 Å². The molecular formula is C12H25N3O2S. The molecule has 2 rings (SSSR count). The number of rotatable bonds is 4. The lowest BCUT2D eigenvalue weighted by Crippen LogP contribution is -2.52. The normalized spacial score (nSPS) is 31.9. The van der Waals surface area contributed by atoms with Gasteiger partial charge in [0.25, 0.3) is 10.2 Å². The zero-order valence-corrected chi connectivity index (χ0v) is 12.2. The SMILES string of the molecule is CNCC1CCCN1S(=O)(=O)N1CCCCC1C. The third-order valence-electron chi connectivity index (χ3n) is 4.10. The van der Waals surface area contributed by atoms with Crippen molar-refractivity contribution in [2.24, 2.45) is 0 Å². The summed E-state index contributed by atoms with van der Waals surface area (Å²) >= 11 is 0. The molecule has 2 heterocycles. The molecule has 6 heteroatoms. The monoisotopic (exact) mass is 275 g/mol. The molecule has 0 aromatic rings. The Morgan fingerprint density at radius 2 is 1.83 bits per heavy atom. The van der Waals surface area contributed by atoms with E-state index < -0.39 is 10.2 Å². The van der Waals surface area contributed by atoms with Crippen LogP contribution in [0.5, 0.6) is 0 Å². The number of hydrogen-bond acceptors (Lipinski definition) is 3. The van der Waals surface area contributed by atoms with E-state index in [-0.39, 0.29) is 12.1 Å². The second-order valence-corrected chi connectivity index (χ2v) is 7.26. The maximum atomic E-state index is 12.7. The summed E-state index contributed by atoms with van der Waals surface area (Å²) in [5.41, 5.74) is 0. The van der Waals surface area contributed by atoms with E-state index in [9.17, 15) is 8.42 Å². The zero-order chi connectivity index (χ0) is 13.2. The first-order chi connectivity index (χ1) is 8.57. The first-order valence-corrected chi connectivity index (χ1v) is 8.40. The smallest absolute Gasteiger partial charge is 0.282 e. The largest absolute Gasteiger partial charge is 0.318 e. The first kappa shape index (κ1) is 14.2. The lowest BCUT2D eigenvalue weighted by atomic mass is 10.1. The van der Waals surface area contributed by atoms with Gasteiger partial charge in [0.1, 0.15) is 0 Å². The lowest BCUT2D eigenvalue weighted by molar-refractivity contribution is 0.240. The molecule has 2 fully saturated rings. The standard InChI is InChI=1S/C12H25N3O2S/c1-11-6-3-4-8-14(11)18(16,17)15-9-5-7-12(15)10-13-2/h11-13H,3-10H2,1-2H3. The second kappa shape index (κ2) is 5.86. The van der Waals surface area contributed by atoms with Crippen molar-refractivity contribution >= 4 is 10.2 Å². The number of piperidine rings is 1. The van der Waals surface area contributed by atoms with Gasteiger partial charge in [0.2, 0.25) is 0 Å². The van der Waals surface area contributed by atoms with Gasteiger partial charge in [-0.05, 0) is 39.7 Å². The van der Waals surface area contributed by atoms with E-state index in [0.29, 0.717) is 13.1 Å². The Bertz CT molecular complexity index is 372. The maximum absolute atomic E-state index is 12.7. The fraction of sp³-hybridized carbons (Fsp3) is 1.00. The average molecular weight is 275 g/mol. The van der Waals surface area contributed by atoms with Crippen LogP contribution in [0.2, 0.25) is 0 Å². The van der Waals surface area contributed by atoms with Crippen LogP contribution < -0.4 is 5.32 Å². The summed E-state index contributed by atoms with van der Waals surface area (Å²) in [6, 6.07) is 0.286. The van der Waals surface area contributed by atoms with Crippen LogP contribution in [-0.4, -0.2) is 55.8 Å². The Morgan fingerprint density at radius 3 is 2.50 bits per heavy atom. The molecule has 0 bridgehead atoms. The Morgan fingerprint density at radius 1 is 1.11 bits per heavy atom. The van der Waals surface area contributed by atoms with Crippen molar-refractivity contribution in [1.82, 2.24) is 13.9 Å². The highest BCUT2D eigenvalue weighted by Crippen LogP contribution is 2.27. The predicted octanol–water partition coefficient (Wildman–Crippen LogP) is 0.789. The molecule has 18 heavy (non-hydrogen) atoms. The number of likely N-dealkylation sites (N-methyl/N-ethyl adjacent to an activating group) is 1. The van der Waals surface area contributed by atoms with Crippen molar-refractivity contribution in [2.75, 3.05) is 26.7 Å². The van der Waals surface area contributed by atoms with E-state index in [4.69, 9.17) is 0 Å². The molecule has 0 spiro atoms. The van der Waals surface area contributed by atoms with Gasteiger partial charge >= 0.3 is 0 Å². The minimum Gasteiger partial charge on any atom is -0.318 e. The van der Waals surface area contributed by atoms with E-state index in [2.05, 4.69) is 5.32 Å². The van der Waals surface area contributed by atoms with Gasteiger partial charge < -0.3 is 5.32 Å². The highest BCUT2D eigenvalue weighted by molar-refractivity contribution is 7.86. The number of hydrogen-bond donors (Lipinski definition) is 1. The third kappa shape index (κ3) is 2.71. The van der Waals surface area contributed by atoms with E-state index in [0.717, 1.165) is 38.6 Å². The maximum Gasteiger partial charge on any atom is 0.282 e. The molecule has 0 aliphatic carbocycles. The first-order valence-electron chi connectivity index (χ1n) is 7.00. The molecule has 2 unspecified atom stereocenters. The van der Waals surface area contributed by atoms with Crippen LogP contribution in [0.25, 0.3) is 0 Å². The predicted molar refractivity (Wildman–Crippen MR) is 72.6 cm³/mol. The fourth-order valence-corrected chi connectivity index (χ4v) is 5.21. The molecule has 0 amide bonds. The molecule has 0 aromatic carbocycles. The molecule has 2 atom stereocenters. The van der Waals surface area contributed by atoms with Gasteiger partial charge in [0, 0.05) is 31.7 Å². The van der Waals surface area contributed by atoms with Crippen LogP contribution in [0.3, 0.4) is 0 Å². The fourth-order valence-electron chi connectivity index (χ4n) is 3.10. The topological polar surface area (TPSA) is 52.7 Å². The van der Waals surface area contributed by atoms with Crippen LogP contribution in [0.4, 0.5) is 0 Å². The molecule has 0 aromatic heterocycles. The summed E-state index contributed by atoms with van der Waals surface area (Å²) in [6.07, 6.45) is 5.08. The Labute approximate surface area is 111 Å². The third-order valence-corrected chi connectivity index (χ3v) is 6.31. The van der Waals surface area contributed by atoms with Crippen molar-refractivity contribution in [3.05, 3.63) is 0 Å². The summed E-state index contributed by atoms with van der Waals surface area (Å²) in [5.74, 6) is 0. The van der Waals surface area contributed by atoms with Crippen molar-refractivity contribution in [2.45, 2.75) is 51.1 Å². The van der Waals surface area contributed by atoms with Crippen molar-refractivity contribution in [1.29, 1.82) is 0 Å². The molecule has 0 radical (unpaired) electrons. The van der Waals surface area contributed by atoms with Crippen molar-refractivity contribution in [3.63, 3.8) is 0 Å². The van der Waals surface area contributed by atoms with E-state index in [1.54, 1.807) is 8.61 Å². The number of nitrogens with one attached hydrogen (secondary N) is 1. The molecule has 2 saturated heterocycles. The molecule has 1 N–H and O–H groups in total. The minimum atomic E-state index is -3.26. The Hall–Kier alpha value is -0.170. The van der Waals surface area contributed by atoms with Crippen LogP contribution in [0.1, 0.15) is 39.0 Å². The Kier molecular flexibility index (Phi) is 4.64. The van der Waals surface area contributed by atoms with Crippen molar-refractivity contribution < 1.29 is 8.42 Å². The lowest BCUT2D eigenvalue weighted by Gasteiger charge is -2.37. The van der Waals surface area contributed by atoms with E-state index in [1.165, 1.54) is 0 Å². The van der Waals surface area contributed by atoms with Crippen LogP contribution in [0, 0.1) is 0 Å². The summed E-state index contributed by atoms with van der Waals surface area (Å²) < 4.78 is 28.8. The summed E-state index contributed by atoms with van der Waals surface area (Å²) in [5, 5.41) is 3.10. The van der Waals surface area contributed by atoms with E-state index in [1.807, 2.05) is 14.0 Å². The summed E-state index contributed by atoms with van der Waals surface area (Å²) in [4.78, 5) is 0. The molecule has 106 valence electrons. The highest BCUT2D eigenvalue weighted by Gasteiger charge is 2.40. The van der Waals surface area contributed by atoms with Crippen LogP contribution >= 0.6 is 0 Å². The van der Waals surface area contributed by atoms with Gasteiger partial charge in [-0.2, -0.15) is 17.0 Å². The quantitative estimate of drug-likeness (QED) is 0.825. The zero-order valence-electron chi connectivity index (χ0n) is 11.4. The molecule has 0 saturated carbocycles. The summed E-state index contributed by atoms with van der Waals surface area (Å²) in [6.45, 7) is 4.14. The molecular weight excluding hydrogens is 250 g/mol. The van der Waals surface area contributed by atoms with E-state index >= 15 is 0 Å². The van der Waals surface area contributed by atoms with Gasteiger partial charge in [-0.1, -0.05) is 6.42 Å². The second-order valence-electron chi connectivity index (χ2n) is 5.43. The summed E-state index contributed by atoms with van der Waals surface area (Å²) in [7, 11) is -1.37. The molecule has 2 aliphatic heterocycles. The average Bonchev–Trinajstić information content (AvgIpc) is 2.79. The Balaban J connectivity index is 2.14. The minimum absolute atomic E-state index is 0.133. The molecule has 5 nitrogen and oxygen atoms in total. The van der Waals surface area contributed by atoms with Gasteiger partial charge in [0.15, 0.2) is 0 Å². The van der Waals surface area contributed by atoms with Crippen LogP contribution in [0.15, 0.2) is 0 Å². The number of nitrogens with zero attached hydrogens (tertiary/aromatic N) is 2. The van der Waals surface area contributed by atoms with Gasteiger partial charge in [-0.25, -0.2) is 0 Å².